The minimum atomic E-state index is -0.602. The van der Waals surface area contributed by atoms with Crippen molar-refractivity contribution in [1.29, 1.82) is 0 Å². The van der Waals surface area contributed by atoms with Gasteiger partial charge in [-0.15, -0.1) is 0 Å². The van der Waals surface area contributed by atoms with Gasteiger partial charge in [-0.25, -0.2) is 14.6 Å². The number of fused-ring (bicyclic) bond motifs is 2. The van der Waals surface area contributed by atoms with E-state index in [2.05, 4.69) is 13.5 Å². The van der Waals surface area contributed by atoms with Crippen LogP contribution in [0.15, 0.2) is 59.7 Å². The lowest BCUT2D eigenvalue weighted by molar-refractivity contribution is -0.291. The summed E-state index contributed by atoms with van der Waals surface area (Å²) in [6, 6.07) is 11.8. The first-order valence-electron chi connectivity index (χ1n) is 13.4. The molecule has 2 aromatic rings. The highest BCUT2D eigenvalue weighted by Crippen LogP contribution is 2.45. The molecule has 5 unspecified atom stereocenters. The van der Waals surface area contributed by atoms with Crippen LogP contribution in [0, 0.1) is 11.8 Å². The van der Waals surface area contributed by atoms with Gasteiger partial charge in [-0.1, -0.05) is 43.3 Å². The molecule has 0 bridgehead atoms. The Bertz CT molecular complexity index is 1230. The topological polar surface area (TPSA) is 80.3 Å². The van der Waals surface area contributed by atoms with Gasteiger partial charge < -0.3 is 14.2 Å². The summed E-state index contributed by atoms with van der Waals surface area (Å²) >= 11 is 0. The third-order valence-corrected chi connectivity index (χ3v) is 7.72. The fraction of sp³-hybridized carbons (Fsp3) is 0.484. The van der Waals surface area contributed by atoms with Gasteiger partial charge in [0.15, 0.2) is 0 Å². The first kappa shape index (κ1) is 27.9. The van der Waals surface area contributed by atoms with Crippen molar-refractivity contribution < 1.29 is 33.6 Å². The van der Waals surface area contributed by atoms with E-state index < -0.39 is 18.0 Å². The van der Waals surface area contributed by atoms with Gasteiger partial charge >= 0.3 is 11.9 Å². The number of methoxy groups -OCH3 is 1. The van der Waals surface area contributed by atoms with Crippen LogP contribution in [0.1, 0.15) is 58.4 Å². The molecule has 4 rings (SSSR count). The van der Waals surface area contributed by atoms with E-state index in [4.69, 9.17) is 24.0 Å². The molecular formula is C31H38O7. The highest BCUT2D eigenvalue weighted by molar-refractivity contribution is 5.91. The molecule has 0 aromatic heterocycles. The van der Waals surface area contributed by atoms with Crippen LogP contribution in [-0.2, 0) is 28.8 Å². The second-order valence-electron chi connectivity index (χ2n) is 10.3. The minimum Gasteiger partial charge on any atom is -0.497 e. The van der Waals surface area contributed by atoms with Crippen LogP contribution < -0.4 is 4.74 Å². The van der Waals surface area contributed by atoms with Gasteiger partial charge in [0, 0.05) is 12.0 Å². The van der Waals surface area contributed by atoms with Gasteiger partial charge in [0.2, 0.25) is 0 Å². The van der Waals surface area contributed by atoms with E-state index in [0.29, 0.717) is 25.2 Å². The Hall–Kier alpha value is -3.16. The summed E-state index contributed by atoms with van der Waals surface area (Å²) in [7, 11) is 1.64. The van der Waals surface area contributed by atoms with E-state index in [1.165, 1.54) is 0 Å². The highest BCUT2D eigenvalue weighted by Gasteiger charge is 2.50. The number of esters is 2. The standard InChI is InChI=1S/C31H38O7/c1-7-35-36-14-8-9-18(2)27-19(3)15-26-28(21(5)31(33)37-26)29(27)38-30(32)20(4)22-10-11-24-17-25(34-6)13-12-23(24)16-22/h10-13,16-18,20,26,28-29H,5,7-9,14-15H2,1-4,6H3. The average molecular weight is 523 g/mol. The number of benzene rings is 2. The summed E-state index contributed by atoms with van der Waals surface area (Å²) in [5, 5.41) is 2.05. The maximum absolute atomic E-state index is 13.6. The molecule has 0 radical (unpaired) electrons. The second-order valence-corrected chi connectivity index (χ2v) is 10.3. The zero-order valence-corrected chi connectivity index (χ0v) is 23.0. The SMILES string of the molecule is C=C1C(=O)OC2CC(C)=C(C(C)CCCOOCC)C(OC(=O)C(C)c3ccc4cc(OC)ccc4c3)C12. The van der Waals surface area contributed by atoms with Crippen molar-refractivity contribution in [3.05, 3.63) is 65.3 Å². The third-order valence-electron chi connectivity index (χ3n) is 7.72. The van der Waals surface area contributed by atoms with Crippen LogP contribution in [0.5, 0.6) is 5.75 Å². The second kappa shape index (κ2) is 12.1. The summed E-state index contributed by atoms with van der Waals surface area (Å²) in [5.74, 6) is -0.730. The van der Waals surface area contributed by atoms with Gasteiger partial charge in [-0.05, 0) is 73.6 Å². The molecule has 1 aliphatic heterocycles. The smallest absolute Gasteiger partial charge is 0.334 e. The van der Waals surface area contributed by atoms with Crippen LogP contribution in [-0.4, -0.2) is 44.5 Å². The lowest BCUT2D eigenvalue weighted by atomic mass is 9.73. The fourth-order valence-electron chi connectivity index (χ4n) is 5.64. The van der Waals surface area contributed by atoms with Crippen molar-refractivity contribution >= 4 is 22.7 Å². The van der Waals surface area contributed by atoms with Crippen molar-refractivity contribution in [1.82, 2.24) is 0 Å². The van der Waals surface area contributed by atoms with Gasteiger partial charge in [-0.2, -0.15) is 0 Å². The first-order valence-corrected chi connectivity index (χ1v) is 13.4. The molecule has 204 valence electrons. The van der Waals surface area contributed by atoms with Crippen molar-refractivity contribution in [3.63, 3.8) is 0 Å². The van der Waals surface area contributed by atoms with Crippen molar-refractivity contribution in [2.24, 2.45) is 11.8 Å². The molecule has 0 spiro atoms. The maximum Gasteiger partial charge on any atom is 0.334 e. The number of hydrogen-bond donors (Lipinski definition) is 0. The zero-order chi connectivity index (χ0) is 27.4. The van der Waals surface area contributed by atoms with E-state index >= 15 is 0 Å². The summed E-state index contributed by atoms with van der Waals surface area (Å²) in [6.45, 7) is 12.9. The normalized spacial score (nSPS) is 22.7. The average Bonchev–Trinajstić information content (AvgIpc) is 3.19. The number of rotatable bonds is 11. The molecule has 7 nitrogen and oxygen atoms in total. The number of hydrogen-bond acceptors (Lipinski definition) is 7. The molecule has 1 heterocycles. The van der Waals surface area contributed by atoms with Gasteiger partial charge in [0.25, 0.3) is 0 Å². The Kier molecular flexibility index (Phi) is 8.90. The quantitative estimate of drug-likeness (QED) is 0.0885. The molecule has 1 saturated heterocycles. The molecule has 38 heavy (non-hydrogen) atoms. The van der Waals surface area contributed by atoms with E-state index in [1.54, 1.807) is 7.11 Å². The number of carbonyl (C=O) groups is 2. The third kappa shape index (κ3) is 5.79. The molecule has 2 aliphatic rings. The monoisotopic (exact) mass is 522 g/mol. The fourth-order valence-corrected chi connectivity index (χ4v) is 5.64. The molecule has 0 amide bonds. The highest BCUT2D eigenvalue weighted by atomic mass is 17.2. The summed E-state index contributed by atoms with van der Waals surface area (Å²) in [4.78, 5) is 36.2. The molecule has 1 fully saturated rings. The number of ether oxygens (including phenoxy) is 3. The van der Waals surface area contributed by atoms with E-state index in [0.717, 1.165) is 46.1 Å². The Morgan fingerprint density at radius 2 is 1.87 bits per heavy atom. The lowest BCUT2D eigenvalue weighted by Crippen LogP contribution is -2.41. The predicted octanol–water partition coefficient (Wildman–Crippen LogP) is 6.07. The van der Waals surface area contributed by atoms with Crippen molar-refractivity contribution in [2.75, 3.05) is 20.3 Å². The van der Waals surface area contributed by atoms with Gasteiger partial charge in [0.1, 0.15) is 18.0 Å². The summed E-state index contributed by atoms with van der Waals surface area (Å²) in [6.07, 6.45) is 1.27. The zero-order valence-electron chi connectivity index (χ0n) is 23.0. The van der Waals surface area contributed by atoms with E-state index in [1.807, 2.05) is 57.2 Å². The Morgan fingerprint density at radius 3 is 2.61 bits per heavy atom. The van der Waals surface area contributed by atoms with Crippen LogP contribution in [0.3, 0.4) is 0 Å². The van der Waals surface area contributed by atoms with Crippen molar-refractivity contribution in [2.45, 2.75) is 65.1 Å². The summed E-state index contributed by atoms with van der Waals surface area (Å²) < 4.78 is 17.2. The van der Waals surface area contributed by atoms with Crippen molar-refractivity contribution in [3.8, 4) is 5.75 Å². The van der Waals surface area contributed by atoms with Gasteiger partial charge in [-0.3, -0.25) is 4.79 Å². The van der Waals surface area contributed by atoms with Crippen LogP contribution >= 0.6 is 0 Å². The Balaban J connectivity index is 1.56. The Labute approximate surface area is 224 Å². The van der Waals surface area contributed by atoms with Gasteiger partial charge in [0.05, 0.1) is 32.2 Å². The van der Waals surface area contributed by atoms with Crippen LogP contribution in [0.4, 0.5) is 0 Å². The van der Waals surface area contributed by atoms with E-state index in [-0.39, 0.29) is 23.9 Å². The molecule has 7 heteroatoms. The molecular weight excluding hydrogens is 484 g/mol. The first-order chi connectivity index (χ1) is 18.2. The Morgan fingerprint density at radius 1 is 1.13 bits per heavy atom. The maximum atomic E-state index is 13.6. The number of carbonyl (C=O) groups excluding carboxylic acids is 2. The summed E-state index contributed by atoms with van der Waals surface area (Å²) in [5.41, 5.74) is 3.38. The minimum absolute atomic E-state index is 0.119. The molecule has 2 aromatic carbocycles. The predicted molar refractivity (Wildman–Crippen MR) is 145 cm³/mol. The van der Waals surface area contributed by atoms with Crippen LogP contribution in [0.2, 0.25) is 0 Å². The molecule has 1 aliphatic carbocycles. The molecule has 0 N–H and O–H groups in total. The largest absolute Gasteiger partial charge is 0.497 e. The van der Waals surface area contributed by atoms with Crippen LogP contribution in [0.25, 0.3) is 10.8 Å². The van der Waals surface area contributed by atoms with E-state index in [9.17, 15) is 9.59 Å². The lowest BCUT2D eigenvalue weighted by Gasteiger charge is -2.38. The molecule has 5 atom stereocenters. The molecule has 0 saturated carbocycles.